The summed E-state index contributed by atoms with van der Waals surface area (Å²) in [4.78, 5) is 34.1. The molecule has 168 valence electrons. The van der Waals surface area contributed by atoms with Crippen molar-refractivity contribution in [1.82, 2.24) is 14.8 Å². The molecule has 6 heteroatoms. The van der Waals surface area contributed by atoms with Crippen molar-refractivity contribution in [2.75, 3.05) is 26.2 Å². The molecule has 3 aromatic rings. The van der Waals surface area contributed by atoms with Gasteiger partial charge in [-0.05, 0) is 60.2 Å². The summed E-state index contributed by atoms with van der Waals surface area (Å²) in [5.41, 5.74) is 5.39. The van der Waals surface area contributed by atoms with Crippen LogP contribution in [0.4, 0.5) is 4.39 Å². The molecule has 2 aromatic carbocycles. The number of halogens is 1. The minimum absolute atomic E-state index is 0.0103. The minimum Gasteiger partial charge on any atom is -0.339 e. The van der Waals surface area contributed by atoms with Gasteiger partial charge in [0.2, 0.25) is 5.91 Å². The van der Waals surface area contributed by atoms with Gasteiger partial charge in [0.05, 0.1) is 16.8 Å². The van der Waals surface area contributed by atoms with Gasteiger partial charge in [-0.25, -0.2) is 9.37 Å². The Morgan fingerprint density at radius 1 is 0.939 bits per heavy atom. The average Bonchev–Trinajstić information content (AvgIpc) is 2.84. The molecule has 0 spiro atoms. The molecule has 5 rings (SSSR count). The van der Waals surface area contributed by atoms with E-state index in [1.807, 2.05) is 29.2 Å². The number of amides is 2. The zero-order valence-electron chi connectivity index (χ0n) is 18.7. The fourth-order valence-electron chi connectivity index (χ4n) is 4.86. The van der Waals surface area contributed by atoms with E-state index in [4.69, 9.17) is 4.98 Å². The van der Waals surface area contributed by atoms with Crippen LogP contribution in [0.15, 0.2) is 48.5 Å². The highest BCUT2D eigenvalue weighted by atomic mass is 19.1. The molecule has 1 aliphatic carbocycles. The molecule has 0 saturated carbocycles. The molecule has 1 aromatic heterocycles. The number of piperazine rings is 1. The van der Waals surface area contributed by atoms with Gasteiger partial charge in [-0.15, -0.1) is 0 Å². The molecule has 1 aliphatic heterocycles. The lowest BCUT2D eigenvalue weighted by atomic mass is 9.85. The van der Waals surface area contributed by atoms with E-state index in [1.165, 1.54) is 12.1 Å². The molecule has 33 heavy (non-hydrogen) atoms. The molecule has 2 amide bonds. The molecular weight excluding hydrogens is 417 g/mol. The highest BCUT2D eigenvalue weighted by Crippen LogP contribution is 2.36. The molecule has 0 bridgehead atoms. The summed E-state index contributed by atoms with van der Waals surface area (Å²) in [6.45, 7) is 3.74. The number of aromatic nitrogens is 1. The van der Waals surface area contributed by atoms with Crippen molar-refractivity contribution in [2.24, 2.45) is 0 Å². The van der Waals surface area contributed by atoms with Crippen LogP contribution in [0, 0.1) is 5.82 Å². The van der Waals surface area contributed by atoms with Crippen LogP contribution < -0.4 is 0 Å². The number of benzene rings is 2. The number of hydrogen-bond acceptors (Lipinski definition) is 3. The lowest BCUT2D eigenvalue weighted by Gasteiger charge is -2.35. The van der Waals surface area contributed by atoms with Gasteiger partial charge in [-0.3, -0.25) is 9.59 Å². The van der Waals surface area contributed by atoms with Crippen LogP contribution in [0.3, 0.4) is 0 Å². The highest BCUT2D eigenvalue weighted by molar-refractivity contribution is 6.09. The number of pyridine rings is 1. The SMILES string of the molecule is CC(=O)N1CCN(C(=O)c2c3c(nc4ccccc24)/C(=C\c2ccc(F)cc2)CCC3)CC1. The first-order valence-electron chi connectivity index (χ1n) is 11.4. The summed E-state index contributed by atoms with van der Waals surface area (Å²) in [5.74, 6) is -0.205. The Morgan fingerprint density at radius 3 is 2.36 bits per heavy atom. The summed E-state index contributed by atoms with van der Waals surface area (Å²) < 4.78 is 13.4. The molecule has 0 radical (unpaired) electrons. The van der Waals surface area contributed by atoms with Crippen molar-refractivity contribution in [2.45, 2.75) is 26.2 Å². The maximum atomic E-state index is 13.8. The zero-order valence-corrected chi connectivity index (χ0v) is 18.7. The van der Waals surface area contributed by atoms with Crippen LogP contribution in [0.1, 0.15) is 46.9 Å². The number of carbonyl (C=O) groups excluding carboxylic acids is 2. The monoisotopic (exact) mass is 443 g/mol. The quantitative estimate of drug-likeness (QED) is 0.584. The van der Waals surface area contributed by atoms with E-state index in [0.717, 1.165) is 58.1 Å². The van der Waals surface area contributed by atoms with Gasteiger partial charge >= 0.3 is 0 Å². The van der Waals surface area contributed by atoms with Crippen molar-refractivity contribution in [3.8, 4) is 0 Å². The Bertz CT molecular complexity index is 1260. The molecule has 1 fully saturated rings. The molecule has 5 nitrogen and oxygen atoms in total. The molecule has 0 atom stereocenters. The van der Waals surface area contributed by atoms with Crippen LogP contribution in [0.25, 0.3) is 22.6 Å². The summed E-state index contributed by atoms with van der Waals surface area (Å²) in [7, 11) is 0. The maximum Gasteiger partial charge on any atom is 0.255 e. The van der Waals surface area contributed by atoms with Gasteiger partial charge in [0.1, 0.15) is 5.82 Å². The van der Waals surface area contributed by atoms with Crippen molar-refractivity contribution in [3.63, 3.8) is 0 Å². The number of allylic oxidation sites excluding steroid dienone is 1. The summed E-state index contributed by atoms with van der Waals surface area (Å²) in [6, 6.07) is 14.2. The van der Waals surface area contributed by atoms with Crippen LogP contribution in [0.5, 0.6) is 0 Å². The second-order valence-electron chi connectivity index (χ2n) is 8.70. The Hall–Kier alpha value is -3.54. The lowest BCUT2D eigenvalue weighted by Crippen LogP contribution is -2.50. The molecule has 0 N–H and O–H groups in total. The molecule has 2 heterocycles. The number of fused-ring (bicyclic) bond motifs is 2. The topological polar surface area (TPSA) is 53.5 Å². The smallest absolute Gasteiger partial charge is 0.255 e. The van der Waals surface area contributed by atoms with Crippen LogP contribution in [-0.2, 0) is 11.2 Å². The fraction of sp³-hybridized carbons (Fsp3) is 0.296. The molecular formula is C27H26FN3O2. The van der Waals surface area contributed by atoms with E-state index in [-0.39, 0.29) is 17.6 Å². The number of hydrogen-bond donors (Lipinski definition) is 0. The fourth-order valence-corrected chi connectivity index (χ4v) is 4.86. The van der Waals surface area contributed by atoms with Gasteiger partial charge in [-0.1, -0.05) is 30.3 Å². The first-order chi connectivity index (χ1) is 16.0. The van der Waals surface area contributed by atoms with Gasteiger partial charge in [0.25, 0.3) is 5.91 Å². The Kier molecular flexibility index (Phi) is 5.67. The second kappa shape index (κ2) is 8.77. The van der Waals surface area contributed by atoms with Gasteiger partial charge in [0.15, 0.2) is 0 Å². The third-order valence-corrected chi connectivity index (χ3v) is 6.61. The molecule has 0 unspecified atom stereocenters. The summed E-state index contributed by atoms with van der Waals surface area (Å²) >= 11 is 0. The van der Waals surface area contributed by atoms with E-state index in [0.29, 0.717) is 26.2 Å². The van der Waals surface area contributed by atoms with Crippen LogP contribution in [-0.4, -0.2) is 52.8 Å². The Labute approximate surface area is 192 Å². The van der Waals surface area contributed by atoms with Crippen LogP contribution in [0.2, 0.25) is 0 Å². The third-order valence-electron chi connectivity index (χ3n) is 6.61. The number of rotatable bonds is 2. The zero-order chi connectivity index (χ0) is 22.9. The second-order valence-corrected chi connectivity index (χ2v) is 8.70. The minimum atomic E-state index is -0.261. The highest BCUT2D eigenvalue weighted by Gasteiger charge is 2.29. The van der Waals surface area contributed by atoms with E-state index < -0.39 is 0 Å². The van der Waals surface area contributed by atoms with Crippen LogP contribution >= 0.6 is 0 Å². The molecule has 1 saturated heterocycles. The van der Waals surface area contributed by atoms with Gasteiger partial charge in [-0.2, -0.15) is 0 Å². The number of para-hydroxylation sites is 1. The average molecular weight is 444 g/mol. The Morgan fingerprint density at radius 2 is 1.64 bits per heavy atom. The molecule has 2 aliphatic rings. The third kappa shape index (κ3) is 4.13. The van der Waals surface area contributed by atoms with E-state index in [2.05, 4.69) is 6.08 Å². The normalized spacial score (nSPS) is 17.3. The lowest BCUT2D eigenvalue weighted by molar-refractivity contribution is -0.130. The predicted molar refractivity (Wildman–Crippen MR) is 127 cm³/mol. The van der Waals surface area contributed by atoms with Gasteiger partial charge in [0, 0.05) is 38.5 Å². The van der Waals surface area contributed by atoms with E-state index in [9.17, 15) is 14.0 Å². The number of carbonyl (C=O) groups is 2. The summed E-state index contributed by atoms with van der Waals surface area (Å²) in [5, 5.41) is 0.873. The van der Waals surface area contributed by atoms with Crippen molar-refractivity contribution in [1.29, 1.82) is 0 Å². The van der Waals surface area contributed by atoms with E-state index >= 15 is 0 Å². The van der Waals surface area contributed by atoms with E-state index in [1.54, 1.807) is 24.0 Å². The standard InChI is InChI=1S/C27H26FN3O2/c1-18(32)30-13-15-31(16-14-30)27(33)25-22-6-2-3-8-24(22)29-26-20(5-4-7-23(25)26)17-19-9-11-21(28)12-10-19/h2-3,6,8-12,17H,4-5,7,13-16H2,1H3/b20-17-. The Balaban J connectivity index is 1.59. The summed E-state index contributed by atoms with van der Waals surface area (Å²) in [6.07, 6.45) is 4.64. The van der Waals surface area contributed by atoms with Crippen molar-refractivity contribution in [3.05, 3.63) is 76.7 Å². The largest absolute Gasteiger partial charge is 0.339 e. The van der Waals surface area contributed by atoms with Crippen molar-refractivity contribution >= 4 is 34.4 Å². The number of nitrogens with zero attached hydrogens (tertiary/aromatic N) is 3. The van der Waals surface area contributed by atoms with Gasteiger partial charge < -0.3 is 9.80 Å². The first kappa shape index (κ1) is 21.3. The van der Waals surface area contributed by atoms with Crippen molar-refractivity contribution < 1.29 is 14.0 Å². The maximum absolute atomic E-state index is 13.8. The predicted octanol–water partition coefficient (Wildman–Crippen LogP) is 4.56. The first-order valence-corrected chi connectivity index (χ1v) is 11.4.